The van der Waals surface area contributed by atoms with Gasteiger partial charge in [-0.05, 0) is 138 Å². The highest BCUT2D eigenvalue weighted by Gasteiger charge is 2.50. The Morgan fingerprint density at radius 3 is 2.06 bits per heavy atom. The molecule has 31 nitrogen and oxygen atoms in total. The molecular formula is C66H99N11O20S2. The van der Waals surface area contributed by atoms with Crippen molar-refractivity contribution in [2.45, 2.75) is 214 Å². The summed E-state index contributed by atoms with van der Waals surface area (Å²) in [6.45, 7) is 3.69. The van der Waals surface area contributed by atoms with Crippen LogP contribution in [0.4, 0.5) is 5.69 Å². The number of hydrogen-bond acceptors (Lipinski definition) is 25. The van der Waals surface area contributed by atoms with E-state index in [1.165, 1.54) is 46.0 Å². The second-order valence-electron chi connectivity index (χ2n) is 27.8. The van der Waals surface area contributed by atoms with Gasteiger partial charge in [-0.25, -0.2) is 0 Å². The summed E-state index contributed by atoms with van der Waals surface area (Å²) < 4.78 is 43.4. The standard InChI is InChI=1S/C66H99N11O20S2/c1-35-31-77-56(57(35)86)61(90)68-30-45(81)28-47(69-36(2)39-11-13-40(14-12-39)62-73-74-63(98-62)41-15-17-44(18-16-41)75-24-21-66(96-4,22-25-75)42-8-6-5-7-9-42)58(87)70-53(37(3)80)64(91)76-32-46(82)29-48(76)59(88)71-54(51(85)26-38-10-19-49(83)52(27-38)97-99(93,94)95)60(89)72-55(65(77)92)50(84)20-23-67-43(33-78)34-79/h10,15-19,27,35-37,39-40,42-43,45-48,50-51,53-57,67,69,78-86H,5-9,11-14,20-26,28-34H2,1-4H3,(H,68,90)(H,70,87)(H,71,88)(H,72,89)(H,93,94,95)/t35-,36?,37+,39?,40?,45+,46+,47-,48-,50+,51+,53-,54-,55-,56-,57-/m0/s1. The number of benzene rings is 2. The van der Waals surface area contributed by atoms with Gasteiger partial charge in [0.25, 0.3) is 0 Å². The molecule has 16 N–H and O–H groups in total. The minimum Gasteiger partial charge on any atom is -0.504 e. The number of anilines is 1. The summed E-state index contributed by atoms with van der Waals surface area (Å²) in [7, 11) is -3.35. The summed E-state index contributed by atoms with van der Waals surface area (Å²) in [5, 5.41) is 126. The molecule has 14 atom stereocenters. The van der Waals surface area contributed by atoms with Gasteiger partial charge in [-0.1, -0.05) is 43.6 Å². The third kappa shape index (κ3) is 19.1. The predicted molar refractivity (Wildman–Crippen MR) is 359 cm³/mol. The number of rotatable bonds is 21. The molecule has 6 amide bonds. The summed E-state index contributed by atoms with van der Waals surface area (Å²) in [6.07, 6.45) is -1.11. The van der Waals surface area contributed by atoms with E-state index in [-0.39, 0.29) is 36.1 Å². The van der Waals surface area contributed by atoms with Gasteiger partial charge in [0.05, 0.1) is 67.5 Å². The molecule has 0 spiro atoms. The molecule has 99 heavy (non-hydrogen) atoms. The van der Waals surface area contributed by atoms with Crippen molar-refractivity contribution in [2.24, 2.45) is 17.8 Å². The molecule has 6 fully saturated rings. The fourth-order valence-corrected chi connectivity index (χ4v) is 16.5. The van der Waals surface area contributed by atoms with Gasteiger partial charge in [-0.15, -0.1) is 10.2 Å². The molecule has 550 valence electrons. The van der Waals surface area contributed by atoms with Crippen LogP contribution in [0.1, 0.15) is 127 Å². The Bertz CT molecular complexity index is 3350. The number of ether oxygens (including phenoxy) is 1. The first kappa shape index (κ1) is 76.9. The highest BCUT2D eigenvalue weighted by molar-refractivity contribution is 7.81. The van der Waals surface area contributed by atoms with Crippen LogP contribution in [-0.2, 0) is 50.3 Å². The minimum atomic E-state index is -5.23. The van der Waals surface area contributed by atoms with Crippen molar-refractivity contribution in [3.63, 3.8) is 0 Å². The third-order valence-corrected chi connectivity index (χ3v) is 22.5. The SMILES string of the molecule is COC1(C2CCCCC2)CCN(c2ccc(-c3nnc(C4CCC(C(C)N[C@H]5C[C@@H](O)CNC(=O)[C@@H]6[C@@H](O)[C@@H](C)CN6C(=O)[C@H]([C@H](O)CCNC(CO)CO)NC(=O)[C@H]([C@H](O)Cc6ccc(O)c(OS(=O)(=O)O)c6)NC(=O)[C@@H]6C[C@@H](O)CN6C(=O)[C@H]([C@@H](C)O)NC5=O)CC4)s3)cc2)CC1. The van der Waals surface area contributed by atoms with Crippen LogP contribution in [0.3, 0.4) is 0 Å². The highest BCUT2D eigenvalue weighted by Crippen LogP contribution is 2.44. The lowest BCUT2D eigenvalue weighted by Crippen LogP contribution is -2.64. The van der Waals surface area contributed by atoms with Crippen LogP contribution in [0.5, 0.6) is 11.5 Å². The summed E-state index contributed by atoms with van der Waals surface area (Å²) in [6, 6.07) is -0.787. The molecule has 3 aromatic rings. The largest absolute Gasteiger partial charge is 0.504 e. The van der Waals surface area contributed by atoms with Crippen molar-refractivity contribution in [2.75, 3.05) is 64.5 Å². The van der Waals surface area contributed by atoms with Gasteiger partial charge in [0, 0.05) is 81.8 Å². The average Bonchev–Trinajstić information content (AvgIpc) is 1.77. The van der Waals surface area contributed by atoms with E-state index in [2.05, 4.69) is 75.4 Å². The van der Waals surface area contributed by atoms with E-state index in [4.69, 9.17) is 4.74 Å². The lowest BCUT2D eigenvalue weighted by atomic mass is 9.72. The Morgan fingerprint density at radius 1 is 0.758 bits per heavy atom. The number of amides is 6. The zero-order valence-electron chi connectivity index (χ0n) is 56.3. The second-order valence-corrected chi connectivity index (χ2v) is 29.8. The Morgan fingerprint density at radius 2 is 1.41 bits per heavy atom. The van der Waals surface area contributed by atoms with Crippen LogP contribution in [0, 0.1) is 17.8 Å². The quantitative estimate of drug-likeness (QED) is 0.0538. The first-order chi connectivity index (χ1) is 47.1. The minimum absolute atomic E-state index is 0.0330. The van der Waals surface area contributed by atoms with Crippen LogP contribution >= 0.6 is 11.3 Å². The van der Waals surface area contributed by atoms with Gasteiger partial charge in [0.1, 0.15) is 40.2 Å². The molecule has 5 heterocycles. The number of piperidine rings is 1. The second kappa shape index (κ2) is 34.1. The van der Waals surface area contributed by atoms with Gasteiger partial charge in [-0.2, -0.15) is 8.42 Å². The molecule has 2 saturated carbocycles. The molecule has 1 aromatic heterocycles. The van der Waals surface area contributed by atoms with E-state index in [9.17, 15) is 82.9 Å². The summed E-state index contributed by atoms with van der Waals surface area (Å²) in [4.78, 5) is 92.8. The molecule has 0 bridgehead atoms. The van der Waals surface area contributed by atoms with Crippen molar-refractivity contribution >= 4 is 62.9 Å². The Hall–Kier alpha value is -6.31. The number of nitrogens with one attached hydrogen (secondary N) is 6. The maximum atomic E-state index is 15.0. The predicted octanol–water partition coefficient (Wildman–Crippen LogP) is -1.54. The maximum absolute atomic E-state index is 15.0. The first-order valence-corrected chi connectivity index (χ1v) is 36.6. The lowest BCUT2D eigenvalue weighted by Gasteiger charge is -2.47. The topological polar surface area (TPSA) is 465 Å². The Kier molecular flexibility index (Phi) is 26.5. The molecule has 4 aliphatic heterocycles. The smallest absolute Gasteiger partial charge is 0.446 e. The van der Waals surface area contributed by atoms with Crippen LogP contribution in [-0.4, -0.2) is 265 Å². The molecule has 2 aromatic carbocycles. The number of aromatic nitrogens is 2. The van der Waals surface area contributed by atoms with Crippen molar-refractivity contribution in [1.29, 1.82) is 0 Å². The number of phenolic OH excluding ortho intramolecular Hbond substituents is 1. The van der Waals surface area contributed by atoms with Crippen molar-refractivity contribution in [3.05, 3.63) is 53.0 Å². The van der Waals surface area contributed by atoms with E-state index in [1.54, 1.807) is 11.3 Å². The molecule has 33 heteroatoms. The number of aromatic hydroxyl groups is 1. The van der Waals surface area contributed by atoms with Gasteiger partial charge in [-0.3, -0.25) is 33.3 Å². The normalized spacial score (nSPS) is 29.5. The number of methoxy groups -OCH3 is 1. The fourth-order valence-electron chi connectivity index (χ4n) is 15.2. The van der Waals surface area contributed by atoms with E-state index in [0.29, 0.717) is 18.8 Å². The van der Waals surface area contributed by atoms with E-state index < -0.39 is 200 Å². The molecule has 6 aliphatic rings. The van der Waals surface area contributed by atoms with E-state index in [0.717, 1.165) is 88.0 Å². The molecular weight excluding hydrogens is 1330 g/mol. The number of carbonyl (C=O) groups is 6. The Labute approximate surface area is 579 Å². The fraction of sp³-hybridized carbons (Fsp3) is 0.697. The average molecular weight is 1430 g/mol. The van der Waals surface area contributed by atoms with Gasteiger partial charge in [0.2, 0.25) is 35.4 Å². The first-order valence-electron chi connectivity index (χ1n) is 34.4. The summed E-state index contributed by atoms with van der Waals surface area (Å²) >= 11 is 1.55. The lowest BCUT2D eigenvalue weighted by molar-refractivity contribution is -0.147. The van der Waals surface area contributed by atoms with Crippen LogP contribution in [0.25, 0.3) is 10.6 Å². The number of β-amino-alcohol motifs (C(OH)–C–C–N with tert-alkyl or cyclic N) is 1. The van der Waals surface area contributed by atoms with Crippen molar-refractivity contribution < 1.29 is 96.6 Å². The number of phenols is 1. The van der Waals surface area contributed by atoms with Crippen LogP contribution in [0.15, 0.2) is 42.5 Å². The number of aliphatic hydroxyl groups is 8. The summed E-state index contributed by atoms with van der Waals surface area (Å²) in [5.41, 5.74) is 1.98. The zero-order chi connectivity index (χ0) is 71.6. The molecule has 1 unspecified atom stereocenters. The van der Waals surface area contributed by atoms with E-state index >= 15 is 4.79 Å². The summed E-state index contributed by atoms with van der Waals surface area (Å²) in [5.74, 6) is -8.47. The monoisotopic (exact) mass is 1430 g/mol. The number of nitrogens with zero attached hydrogens (tertiary/aromatic N) is 5. The molecule has 2 aliphatic carbocycles. The zero-order valence-corrected chi connectivity index (χ0v) is 57.9. The number of aliphatic hydroxyl groups excluding tert-OH is 8. The van der Waals surface area contributed by atoms with Crippen molar-refractivity contribution in [1.82, 2.24) is 51.9 Å². The van der Waals surface area contributed by atoms with Gasteiger partial charge < -0.3 is 101 Å². The van der Waals surface area contributed by atoms with Crippen LogP contribution < -0.4 is 41.0 Å². The number of fused-ring (bicyclic) bond motifs is 2. The third-order valence-electron chi connectivity index (χ3n) is 21.0. The Balaban J connectivity index is 0.941. The van der Waals surface area contributed by atoms with Gasteiger partial charge in [0.15, 0.2) is 11.5 Å². The van der Waals surface area contributed by atoms with Crippen molar-refractivity contribution in [3.8, 4) is 22.1 Å². The molecule has 4 saturated heterocycles. The van der Waals surface area contributed by atoms with Crippen LogP contribution in [0.2, 0.25) is 0 Å². The number of carbonyl (C=O) groups excluding carboxylic acids is 6. The molecule has 9 rings (SSSR count). The highest BCUT2D eigenvalue weighted by atomic mass is 32.3. The van der Waals surface area contributed by atoms with Gasteiger partial charge >= 0.3 is 10.4 Å². The maximum Gasteiger partial charge on any atom is 0.446 e. The molecule has 0 radical (unpaired) electrons. The number of hydrogen-bond donors (Lipinski definition) is 16. The van der Waals surface area contributed by atoms with E-state index in [1.807, 2.05) is 14.0 Å².